The molecule has 4 rings (SSSR count). The molecule has 2 saturated carbocycles. The number of carbonyl (C=O) groups excluding carboxylic acids is 3. The summed E-state index contributed by atoms with van der Waals surface area (Å²) in [6, 6.07) is 0. The van der Waals surface area contributed by atoms with Crippen molar-refractivity contribution in [1.82, 2.24) is 0 Å². The van der Waals surface area contributed by atoms with Gasteiger partial charge in [0.15, 0.2) is 5.78 Å². The molecule has 0 radical (unpaired) electrons. The number of Topliss-reactive ketones (excluding diaryl/α,β-unsaturated/α-hetero) is 3. The Bertz CT molecular complexity index is 1070. The molecule has 0 saturated heterocycles. The van der Waals surface area contributed by atoms with Crippen molar-refractivity contribution in [2.75, 3.05) is 0 Å². The van der Waals surface area contributed by atoms with E-state index in [1.165, 1.54) is 6.92 Å². The predicted octanol–water partition coefficient (Wildman–Crippen LogP) is 4.13. The van der Waals surface area contributed by atoms with Gasteiger partial charge in [-0.2, -0.15) is 0 Å². The molecule has 0 heterocycles. The number of carboxylic acids is 1. The first-order chi connectivity index (χ1) is 16.9. The van der Waals surface area contributed by atoms with E-state index >= 15 is 0 Å². The van der Waals surface area contributed by atoms with Crippen molar-refractivity contribution in [3.63, 3.8) is 0 Å². The quantitative estimate of drug-likeness (QED) is 0.484. The fourth-order valence-corrected chi connectivity index (χ4v) is 9.20. The van der Waals surface area contributed by atoms with Gasteiger partial charge in [0, 0.05) is 47.5 Å². The molecule has 7 heteroatoms. The molecule has 7 nitrogen and oxygen atoms in total. The lowest BCUT2D eigenvalue weighted by atomic mass is 9.42. The predicted molar refractivity (Wildman–Crippen MR) is 137 cm³/mol. The molecule has 4 aliphatic carbocycles. The summed E-state index contributed by atoms with van der Waals surface area (Å²) < 4.78 is 0. The van der Waals surface area contributed by atoms with Crippen molar-refractivity contribution < 1.29 is 34.5 Å². The van der Waals surface area contributed by atoms with Crippen LogP contribution < -0.4 is 0 Å². The number of hydrogen-bond acceptors (Lipinski definition) is 6. The van der Waals surface area contributed by atoms with Crippen LogP contribution in [0.1, 0.15) is 93.4 Å². The summed E-state index contributed by atoms with van der Waals surface area (Å²) in [5, 5.41) is 32.4. The highest BCUT2D eigenvalue weighted by Gasteiger charge is 2.70. The van der Waals surface area contributed by atoms with E-state index in [1.807, 2.05) is 34.6 Å². The van der Waals surface area contributed by atoms with E-state index < -0.39 is 45.8 Å². The number of aliphatic hydroxyl groups excluding tert-OH is 2. The summed E-state index contributed by atoms with van der Waals surface area (Å²) in [6.07, 6.45) is 0.421. The van der Waals surface area contributed by atoms with E-state index in [0.29, 0.717) is 36.8 Å². The third kappa shape index (κ3) is 3.82. The van der Waals surface area contributed by atoms with Crippen LogP contribution in [0.5, 0.6) is 0 Å². The molecule has 0 spiro atoms. The van der Waals surface area contributed by atoms with E-state index in [9.17, 15) is 34.5 Å². The van der Waals surface area contributed by atoms with Gasteiger partial charge in [0.05, 0.1) is 18.1 Å². The van der Waals surface area contributed by atoms with Gasteiger partial charge in [0.1, 0.15) is 11.6 Å². The van der Waals surface area contributed by atoms with Crippen LogP contribution in [-0.2, 0) is 19.2 Å². The first kappa shape index (κ1) is 28.2. The van der Waals surface area contributed by atoms with Crippen molar-refractivity contribution in [3.8, 4) is 0 Å². The van der Waals surface area contributed by atoms with Gasteiger partial charge in [-0.15, -0.1) is 0 Å². The number of aliphatic hydroxyl groups is 2. The van der Waals surface area contributed by atoms with E-state index in [2.05, 4.69) is 6.92 Å². The normalized spacial score (nSPS) is 42.5. The largest absolute Gasteiger partial charge is 0.481 e. The number of fused-ring (bicyclic) bond motifs is 4. The molecule has 0 aromatic heterocycles. The Morgan fingerprint density at radius 3 is 2.22 bits per heavy atom. The first-order valence-electron chi connectivity index (χ1n) is 13.8. The zero-order valence-electron chi connectivity index (χ0n) is 23.4. The third-order valence-electron chi connectivity index (χ3n) is 11.6. The van der Waals surface area contributed by atoms with Gasteiger partial charge in [-0.1, -0.05) is 48.5 Å². The second-order valence-electron chi connectivity index (χ2n) is 13.9. The van der Waals surface area contributed by atoms with Crippen LogP contribution in [-0.4, -0.2) is 50.8 Å². The van der Waals surface area contributed by atoms with Crippen molar-refractivity contribution in [2.24, 2.45) is 45.3 Å². The van der Waals surface area contributed by atoms with Crippen LogP contribution in [0.15, 0.2) is 11.1 Å². The summed E-state index contributed by atoms with van der Waals surface area (Å²) in [7, 11) is 0. The topological polar surface area (TPSA) is 129 Å². The van der Waals surface area contributed by atoms with Crippen LogP contribution >= 0.6 is 0 Å². The van der Waals surface area contributed by atoms with Crippen LogP contribution in [0, 0.1) is 45.3 Å². The molecule has 9 atom stereocenters. The highest BCUT2D eigenvalue weighted by atomic mass is 16.4. The van der Waals surface area contributed by atoms with Crippen molar-refractivity contribution in [3.05, 3.63) is 11.1 Å². The fraction of sp³-hybridized carbons (Fsp3) is 0.800. The Morgan fingerprint density at radius 1 is 1.00 bits per heavy atom. The molecule has 3 N–H and O–H groups in total. The maximum Gasteiger partial charge on any atom is 0.306 e. The Labute approximate surface area is 220 Å². The van der Waals surface area contributed by atoms with Crippen molar-refractivity contribution in [2.45, 2.75) is 106 Å². The smallest absolute Gasteiger partial charge is 0.306 e. The lowest BCUT2D eigenvalue weighted by molar-refractivity contribution is -0.146. The Morgan fingerprint density at radius 2 is 1.62 bits per heavy atom. The first-order valence-corrected chi connectivity index (χ1v) is 13.8. The van der Waals surface area contributed by atoms with E-state index in [0.717, 1.165) is 0 Å². The molecule has 0 aliphatic heterocycles. The monoisotopic (exact) mass is 516 g/mol. The number of aliphatic carboxylic acids is 1. The molecule has 0 aromatic rings. The zero-order chi connectivity index (χ0) is 27.9. The average Bonchev–Trinajstić information content (AvgIpc) is 2.99. The number of carbonyl (C=O) groups is 4. The lowest BCUT2D eigenvalue weighted by Crippen LogP contribution is -2.60. The second-order valence-corrected chi connectivity index (χ2v) is 13.9. The number of ketones is 3. The third-order valence-corrected chi connectivity index (χ3v) is 11.6. The number of allylic oxidation sites excluding steroid dienone is 1. The van der Waals surface area contributed by atoms with Gasteiger partial charge in [-0.25, -0.2) is 0 Å². The van der Waals surface area contributed by atoms with Crippen LogP contribution in [0.3, 0.4) is 0 Å². The molecule has 4 aliphatic rings. The minimum absolute atomic E-state index is 0.0106. The van der Waals surface area contributed by atoms with E-state index in [1.54, 1.807) is 0 Å². The highest BCUT2D eigenvalue weighted by Crippen LogP contribution is 2.71. The Kier molecular flexibility index (Phi) is 6.72. The summed E-state index contributed by atoms with van der Waals surface area (Å²) >= 11 is 0. The number of hydrogen-bond donors (Lipinski definition) is 3. The maximum atomic E-state index is 14.1. The molecule has 206 valence electrons. The van der Waals surface area contributed by atoms with Crippen LogP contribution in [0.2, 0.25) is 0 Å². The maximum absolute atomic E-state index is 14.1. The van der Waals surface area contributed by atoms with Crippen LogP contribution in [0.4, 0.5) is 0 Å². The van der Waals surface area contributed by atoms with Crippen molar-refractivity contribution >= 4 is 23.3 Å². The molecule has 2 fully saturated rings. The summed E-state index contributed by atoms with van der Waals surface area (Å²) in [5.74, 6) is -2.17. The minimum Gasteiger partial charge on any atom is -0.481 e. The SMILES string of the molecule is C[C@H](CC(=O)C[C@@H](C)[C@H]1C[C@@H](O)[C@@]2(C)C3=C(C(=O)C[C@]12C)[C@@]1(C)CCC(=O)C(C)(C)[C@H]1C[C@@H]3O)C(=O)O. The van der Waals surface area contributed by atoms with Gasteiger partial charge in [-0.05, 0) is 48.0 Å². The average molecular weight is 517 g/mol. The standard InChI is InChI=1S/C30H44O7/c1-15(10-17(31)11-16(2)26(36)37)18-12-23(35)30(7)25-19(32)13-21-27(3,4)22(34)8-9-28(21,5)24(25)20(33)14-29(18,30)6/h15-16,18-19,21,23,32,35H,8-14H2,1-7H3,(H,36,37)/t15-,16-,18-,19+,21-,23-,28+,29-,30+/m1/s1. The molecule has 0 amide bonds. The molecule has 0 unspecified atom stereocenters. The Hall–Kier alpha value is -1.86. The van der Waals surface area contributed by atoms with Gasteiger partial charge in [0.25, 0.3) is 0 Å². The van der Waals surface area contributed by atoms with Crippen LogP contribution in [0.25, 0.3) is 0 Å². The van der Waals surface area contributed by atoms with Crippen molar-refractivity contribution in [1.29, 1.82) is 0 Å². The lowest BCUT2D eigenvalue weighted by Gasteiger charge is -2.61. The zero-order valence-corrected chi connectivity index (χ0v) is 23.4. The molecule has 37 heavy (non-hydrogen) atoms. The summed E-state index contributed by atoms with van der Waals surface area (Å²) in [4.78, 5) is 50.8. The number of carboxylic acid groups (broad SMARTS) is 1. The van der Waals surface area contributed by atoms with Gasteiger partial charge in [0.2, 0.25) is 0 Å². The fourth-order valence-electron chi connectivity index (χ4n) is 9.20. The summed E-state index contributed by atoms with van der Waals surface area (Å²) in [5.41, 5.74) is -1.40. The van der Waals surface area contributed by atoms with Gasteiger partial charge < -0.3 is 15.3 Å². The number of rotatable bonds is 6. The Balaban J connectivity index is 1.74. The molecular formula is C30H44O7. The van der Waals surface area contributed by atoms with E-state index in [4.69, 9.17) is 0 Å². The van der Waals surface area contributed by atoms with Gasteiger partial charge in [-0.3, -0.25) is 19.2 Å². The van der Waals surface area contributed by atoms with Gasteiger partial charge >= 0.3 is 5.97 Å². The van der Waals surface area contributed by atoms with E-state index in [-0.39, 0.29) is 54.4 Å². The highest BCUT2D eigenvalue weighted by molar-refractivity contribution is 6.01. The minimum atomic E-state index is -1.00. The summed E-state index contributed by atoms with van der Waals surface area (Å²) in [6.45, 7) is 13.4. The molecular weight excluding hydrogens is 472 g/mol. The molecule has 0 aromatic carbocycles. The molecule has 0 bridgehead atoms. The second kappa shape index (κ2) is 8.84.